The van der Waals surface area contributed by atoms with Gasteiger partial charge < -0.3 is 20.3 Å². The fourth-order valence-electron chi connectivity index (χ4n) is 2.44. The largest absolute Gasteiger partial charge is 0.396 e. The van der Waals surface area contributed by atoms with Crippen LogP contribution < -0.4 is 10.6 Å². The molecular formula is C17H25N3O2. The van der Waals surface area contributed by atoms with E-state index in [2.05, 4.69) is 39.6 Å². The SMILES string of the molecule is CC(CCO)CNC(=O)NCCCn1ccc2ccccc21. The van der Waals surface area contributed by atoms with Crippen LogP contribution in [0.2, 0.25) is 0 Å². The molecule has 5 heteroatoms. The summed E-state index contributed by atoms with van der Waals surface area (Å²) in [6.45, 7) is 4.29. The van der Waals surface area contributed by atoms with Gasteiger partial charge in [0, 0.05) is 38.0 Å². The second-order valence-electron chi connectivity index (χ2n) is 5.68. The van der Waals surface area contributed by atoms with Crippen LogP contribution in [0, 0.1) is 5.92 Å². The first-order chi connectivity index (χ1) is 10.7. The van der Waals surface area contributed by atoms with Gasteiger partial charge in [0.2, 0.25) is 0 Å². The van der Waals surface area contributed by atoms with Crippen molar-refractivity contribution in [2.24, 2.45) is 5.92 Å². The number of hydrogen-bond acceptors (Lipinski definition) is 2. The lowest BCUT2D eigenvalue weighted by Crippen LogP contribution is -2.38. The van der Waals surface area contributed by atoms with Gasteiger partial charge in [-0.25, -0.2) is 4.79 Å². The number of carbonyl (C=O) groups excluding carboxylic acids is 1. The first kappa shape index (κ1) is 16.4. The molecule has 1 heterocycles. The maximum absolute atomic E-state index is 11.6. The third-order valence-corrected chi connectivity index (χ3v) is 3.77. The Balaban J connectivity index is 1.66. The average molecular weight is 303 g/mol. The maximum Gasteiger partial charge on any atom is 0.314 e. The van der Waals surface area contributed by atoms with E-state index in [0.717, 1.165) is 13.0 Å². The van der Waals surface area contributed by atoms with Gasteiger partial charge in [-0.05, 0) is 36.3 Å². The third kappa shape index (κ3) is 4.77. The highest BCUT2D eigenvalue weighted by Gasteiger charge is 2.04. The van der Waals surface area contributed by atoms with Gasteiger partial charge in [-0.2, -0.15) is 0 Å². The lowest BCUT2D eigenvalue weighted by atomic mass is 10.1. The molecule has 2 rings (SSSR count). The van der Waals surface area contributed by atoms with Crippen molar-refractivity contribution >= 4 is 16.9 Å². The minimum absolute atomic E-state index is 0.137. The number of carbonyl (C=O) groups is 1. The molecule has 0 radical (unpaired) electrons. The van der Waals surface area contributed by atoms with Crippen molar-refractivity contribution in [1.82, 2.24) is 15.2 Å². The van der Waals surface area contributed by atoms with Gasteiger partial charge in [0.1, 0.15) is 0 Å². The van der Waals surface area contributed by atoms with Crippen LogP contribution in [0.1, 0.15) is 19.8 Å². The second kappa shape index (κ2) is 8.44. The molecule has 1 aromatic heterocycles. The number of aliphatic hydroxyl groups is 1. The number of para-hydroxylation sites is 1. The number of benzene rings is 1. The number of nitrogens with one attached hydrogen (secondary N) is 2. The van der Waals surface area contributed by atoms with E-state index >= 15 is 0 Å². The predicted octanol–water partition coefficient (Wildman–Crippen LogP) is 2.35. The Hall–Kier alpha value is -2.01. The minimum atomic E-state index is -0.137. The normalized spacial score (nSPS) is 12.3. The van der Waals surface area contributed by atoms with Crippen molar-refractivity contribution in [2.45, 2.75) is 26.3 Å². The Labute approximate surface area is 131 Å². The number of amides is 2. The highest BCUT2D eigenvalue weighted by Crippen LogP contribution is 2.15. The van der Waals surface area contributed by atoms with Gasteiger partial charge in [-0.3, -0.25) is 0 Å². The zero-order chi connectivity index (χ0) is 15.8. The molecule has 1 unspecified atom stereocenters. The molecule has 2 aromatic rings. The number of rotatable bonds is 8. The van der Waals surface area contributed by atoms with Crippen LogP contribution in [0.4, 0.5) is 4.79 Å². The summed E-state index contributed by atoms with van der Waals surface area (Å²) in [4.78, 5) is 11.6. The van der Waals surface area contributed by atoms with E-state index < -0.39 is 0 Å². The number of fused-ring (bicyclic) bond motifs is 1. The van der Waals surface area contributed by atoms with Crippen LogP contribution in [0.3, 0.4) is 0 Å². The molecule has 5 nitrogen and oxygen atoms in total. The molecule has 3 N–H and O–H groups in total. The van der Waals surface area contributed by atoms with Crippen LogP contribution in [-0.4, -0.2) is 35.4 Å². The molecule has 0 aliphatic heterocycles. The summed E-state index contributed by atoms with van der Waals surface area (Å²) in [6.07, 6.45) is 3.68. The molecule has 0 aliphatic rings. The average Bonchev–Trinajstić information content (AvgIpc) is 2.93. The topological polar surface area (TPSA) is 66.3 Å². The van der Waals surface area contributed by atoms with Crippen molar-refractivity contribution in [3.8, 4) is 0 Å². The van der Waals surface area contributed by atoms with Crippen molar-refractivity contribution in [3.05, 3.63) is 36.5 Å². The summed E-state index contributed by atoms with van der Waals surface area (Å²) in [7, 11) is 0. The quantitative estimate of drug-likeness (QED) is 0.655. The molecule has 22 heavy (non-hydrogen) atoms. The van der Waals surface area contributed by atoms with E-state index in [0.29, 0.717) is 25.4 Å². The standard InChI is InChI=1S/C17H25N3O2/c1-14(8-12-21)13-19-17(22)18-9-4-10-20-11-7-15-5-2-3-6-16(15)20/h2-3,5-7,11,14,21H,4,8-10,12-13H2,1H3,(H2,18,19,22). The highest BCUT2D eigenvalue weighted by atomic mass is 16.3. The monoisotopic (exact) mass is 303 g/mol. The number of aliphatic hydroxyl groups excluding tert-OH is 1. The zero-order valence-corrected chi connectivity index (χ0v) is 13.1. The Morgan fingerprint density at radius 1 is 1.27 bits per heavy atom. The van der Waals surface area contributed by atoms with E-state index in [1.54, 1.807) is 0 Å². The number of nitrogens with zero attached hydrogens (tertiary/aromatic N) is 1. The van der Waals surface area contributed by atoms with Gasteiger partial charge in [0.25, 0.3) is 0 Å². The maximum atomic E-state index is 11.6. The number of hydrogen-bond donors (Lipinski definition) is 3. The lowest BCUT2D eigenvalue weighted by Gasteiger charge is -2.12. The van der Waals surface area contributed by atoms with E-state index in [1.165, 1.54) is 10.9 Å². The third-order valence-electron chi connectivity index (χ3n) is 3.77. The first-order valence-electron chi connectivity index (χ1n) is 7.87. The van der Waals surface area contributed by atoms with Gasteiger partial charge in [0.05, 0.1) is 0 Å². The number of urea groups is 1. The lowest BCUT2D eigenvalue weighted by molar-refractivity contribution is 0.233. The van der Waals surface area contributed by atoms with Gasteiger partial charge in [-0.1, -0.05) is 25.1 Å². The highest BCUT2D eigenvalue weighted by molar-refractivity contribution is 5.79. The molecule has 0 aliphatic carbocycles. The Bertz CT molecular complexity index is 594. The summed E-state index contributed by atoms with van der Waals surface area (Å²) in [5.74, 6) is 0.294. The van der Waals surface area contributed by atoms with E-state index in [-0.39, 0.29) is 12.6 Å². The van der Waals surface area contributed by atoms with Gasteiger partial charge >= 0.3 is 6.03 Å². The molecule has 0 bridgehead atoms. The molecule has 0 saturated heterocycles. The molecule has 1 aromatic carbocycles. The summed E-state index contributed by atoms with van der Waals surface area (Å²) < 4.78 is 2.21. The van der Waals surface area contributed by atoms with Crippen LogP contribution in [0.25, 0.3) is 10.9 Å². The van der Waals surface area contributed by atoms with Gasteiger partial charge in [0.15, 0.2) is 0 Å². The summed E-state index contributed by atoms with van der Waals surface area (Å²) >= 11 is 0. The van der Waals surface area contributed by atoms with E-state index in [9.17, 15) is 4.79 Å². The molecule has 0 spiro atoms. The molecule has 1 atom stereocenters. The first-order valence-corrected chi connectivity index (χ1v) is 7.87. The zero-order valence-electron chi connectivity index (χ0n) is 13.1. The Kier molecular flexibility index (Phi) is 6.27. The number of aryl methyl sites for hydroxylation is 1. The van der Waals surface area contributed by atoms with Gasteiger partial charge in [-0.15, -0.1) is 0 Å². The summed E-state index contributed by atoms with van der Waals surface area (Å²) in [6, 6.07) is 10.3. The Morgan fingerprint density at radius 3 is 2.91 bits per heavy atom. The molecule has 2 amide bonds. The summed E-state index contributed by atoms with van der Waals surface area (Å²) in [5.41, 5.74) is 1.23. The van der Waals surface area contributed by atoms with E-state index in [1.807, 2.05) is 19.1 Å². The van der Waals surface area contributed by atoms with Crippen LogP contribution in [0.15, 0.2) is 36.5 Å². The fraction of sp³-hybridized carbons (Fsp3) is 0.471. The Morgan fingerprint density at radius 2 is 2.09 bits per heavy atom. The smallest absolute Gasteiger partial charge is 0.314 e. The van der Waals surface area contributed by atoms with Crippen molar-refractivity contribution in [3.63, 3.8) is 0 Å². The second-order valence-corrected chi connectivity index (χ2v) is 5.68. The van der Waals surface area contributed by atoms with Crippen molar-refractivity contribution in [1.29, 1.82) is 0 Å². The van der Waals surface area contributed by atoms with Crippen LogP contribution in [-0.2, 0) is 6.54 Å². The van der Waals surface area contributed by atoms with Crippen molar-refractivity contribution in [2.75, 3.05) is 19.7 Å². The molecule has 120 valence electrons. The van der Waals surface area contributed by atoms with Crippen molar-refractivity contribution < 1.29 is 9.90 Å². The minimum Gasteiger partial charge on any atom is -0.396 e. The fourth-order valence-corrected chi connectivity index (χ4v) is 2.44. The van der Waals surface area contributed by atoms with E-state index in [4.69, 9.17) is 5.11 Å². The van der Waals surface area contributed by atoms with Crippen LogP contribution in [0.5, 0.6) is 0 Å². The van der Waals surface area contributed by atoms with Crippen LogP contribution >= 0.6 is 0 Å². The summed E-state index contributed by atoms with van der Waals surface area (Å²) in [5, 5.41) is 15.7. The number of aromatic nitrogens is 1. The predicted molar refractivity (Wildman–Crippen MR) is 88.8 cm³/mol. The molecular weight excluding hydrogens is 278 g/mol. The molecule has 0 fully saturated rings. The molecule has 0 saturated carbocycles.